The van der Waals surface area contributed by atoms with Gasteiger partial charge in [0.25, 0.3) is 0 Å². The van der Waals surface area contributed by atoms with Crippen molar-refractivity contribution in [1.82, 2.24) is 0 Å². The maximum atomic E-state index is 10.2. The molecule has 0 aliphatic rings. The number of aromatic hydroxyl groups is 1. The van der Waals surface area contributed by atoms with Gasteiger partial charge in [-0.3, -0.25) is 5.43 Å². The van der Waals surface area contributed by atoms with E-state index in [2.05, 4.69) is 15.7 Å². The summed E-state index contributed by atoms with van der Waals surface area (Å²) in [6, 6.07) is 13.5. The largest absolute Gasteiger partial charge is 0.507 e. The quantitative estimate of drug-likeness (QED) is 0.490. The molecule has 2 aromatic rings. The van der Waals surface area contributed by atoms with Crippen molar-refractivity contribution in [1.29, 1.82) is 0 Å². The molecule has 2 aromatic carbocycles. The van der Waals surface area contributed by atoms with Crippen molar-refractivity contribution < 1.29 is 5.11 Å². The molecular formula is C13H11N3O2. The van der Waals surface area contributed by atoms with E-state index in [-0.39, 0.29) is 5.75 Å². The molecule has 5 heteroatoms. The Morgan fingerprint density at radius 2 is 1.78 bits per heavy atom. The van der Waals surface area contributed by atoms with Crippen LogP contribution in [0.4, 0.5) is 11.4 Å². The van der Waals surface area contributed by atoms with E-state index in [0.717, 1.165) is 5.69 Å². The van der Waals surface area contributed by atoms with E-state index >= 15 is 0 Å². The van der Waals surface area contributed by atoms with Crippen molar-refractivity contribution in [2.45, 2.75) is 0 Å². The molecule has 0 unspecified atom stereocenters. The van der Waals surface area contributed by atoms with Gasteiger partial charge in [0, 0.05) is 5.56 Å². The van der Waals surface area contributed by atoms with Crippen LogP contribution in [0.15, 0.2) is 58.8 Å². The molecule has 5 nitrogen and oxygen atoms in total. The van der Waals surface area contributed by atoms with E-state index in [4.69, 9.17) is 0 Å². The molecule has 18 heavy (non-hydrogen) atoms. The SMILES string of the molecule is O=Nc1ccc(N/N=C/c2ccccc2O)cc1. The van der Waals surface area contributed by atoms with Crippen LogP contribution in [-0.2, 0) is 0 Å². The van der Waals surface area contributed by atoms with Gasteiger partial charge in [-0.05, 0) is 41.6 Å². The van der Waals surface area contributed by atoms with Gasteiger partial charge in [0.2, 0.25) is 0 Å². The van der Waals surface area contributed by atoms with Crippen molar-refractivity contribution in [2.75, 3.05) is 5.43 Å². The molecule has 0 amide bonds. The minimum Gasteiger partial charge on any atom is -0.507 e. The van der Waals surface area contributed by atoms with Gasteiger partial charge in [-0.1, -0.05) is 12.1 Å². The van der Waals surface area contributed by atoms with Crippen LogP contribution in [0.3, 0.4) is 0 Å². The Morgan fingerprint density at radius 1 is 1.06 bits per heavy atom. The van der Waals surface area contributed by atoms with Crippen LogP contribution in [0.25, 0.3) is 0 Å². The molecule has 0 saturated heterocycles. The summed E-state index contributed by atoms with van der Waals surface area (Å²) in [6.07, 6.45) is 1.52. The topological polar surface area (TPSA) is 74.0 Å². The fraction of sp³-hybridized carbons (Fsp3) is 0. The highest BCUT2D eigenvalue weighted by Gasteiger charge is 1.95. The molecule has 2 N–H and O–H groups in total. The Bertz CT molecular complexity index is 565. The van der Waals surface area contributed by atoms with Gasteiger partial charge in [0.1, 0.15) is 11.4 Å². The molecule has 0 aliphatic carbocycles. The molecule has 0 fully saturated rings. The van der Waals surface area contributed by atoms with E-state index in [9.17, 15) is 10.0 Å². The normalized spacial score (nSPS) is 10.4. The van der Waals surface area contributed by atoms with Crippen molar-refractivity contribution in [3.05, 3.63) is 59.0 Å². The van der Waals surface area contributed by atoms with Crippen molar-refractivity contribution >= 4 is 17.6 Å². The summed E-state index contributed by atoms with van der Waals surface area (Å²) in [5.74, 6) is 0.170. The lowest BCUT2D eigenvalue weighted by atomic mass is 10.2. The van der Waals surface area contributed by atoms with Crippen LogP contribution < -0.4 is 5.43 Å². The average Bonchev–Trinajstić information content (AvgIpc) is 2.42. The summed E-state index contributed by atoms with van der Waals surface area (Å²) in [5, 5.41) is 16.3. The maximum Gasteiger partial charge on any atom is 0.124 e. The molecule has 0 aromatic heterocycles. The van der Waals surface area contributed by atoms with Crippen molar-refractivity contribution in [3.63, 3.8) is 0 Å². The number of para-hydroxylation sites is 1. The Kier molecular flexibility index (Phi) is 3.66. The second-order valence-corrected chi connectivity index (χ2v) is 3.57. The van der Waals surface area contributed by atoms with Gasteiger partial charge in [-0.25, -0.2) is 0 Å². The molecule has 0 spiro atoms. The standard InChI is InChI=1S/C13H11N3O2/c17-13-4-2-1-3-10(13)9-14-15-11-5-7-12(16-18)8-6-11/h1-9,15,17H/b14-9+. The average molecular weight is 241 g/mol. The highest BCUT2D eigenvalue weighted by molar-refractivity contribution is 5.83. The van der Waals surface area contributed by atoms with Gasteiger partial charge < -0.3 is 5.11 Å². The minimum absolute atomic E-state index is 0.170. The minimum atomic E-state index is 0.170. The number of rotatable bonds is 4. The third-order valence-electron chi connectivity index (χ3n) is 2.31. The number of anilines is 1. The predicted molar refractivity (Wildman–Crippen MR) is 71.2 cm³/mol. The van der Waals surface area contributed by atoms with Crippen LogP contribution in [0.2, 0.25) is 0 Å². The molecule has 0 aliphatic heterocycles. The number of hydrogen-bond acceptors (Lipinski definition) is 5. The predicted octanol–water partition coefficient (Wildman–Crippen LogP) is 3.24. The maximum absolute atomic E-state index is 10.2. The zero-order chi connectivity index (χ0) is 12.8. The van der Waals surface area contributed by atoms with Crippen LogP contribution in [0.1, 0.15) is 5.56 Å². The lowest BCUT2D eigenvalue weighted by Crippen LogP contribution is -1.90. The van der Waals surface area contributed by atoms with Crippen LogP contribution in [0.5, 0.6) is 5.75 Å². The first-order chi connectivity index (χ1) is 8.79. The van der Waals surface area contributed by atoms with Crippen molar-refractivity contribution in [2.24, 2.45) is 10.3 Å². The molecule has 0 saturated carbocycles. The number of nitrogens with zero attached hydrogens (tertiary/aromatic N) is 2. The number of hydrogen-bond donors (Lipinski definition) is 2. The third-order valence-corrected chi connectivity index (χ3v) is 2.31. The smallest absolute Gasteiger partial charge is 0.124 e. The fourth-order valence-corrected chi connectivity index (χ4v) is 1.37. The Balaban J connectivity index is 2.02. The second kappa shape index (κ2) is 5.58. The Labute approximate surface area is 104 Å². The molecule has 0 heterocycles. The first-order valence-electron chi connectivity index (χ1n) is 5.30. The van der Waals surface area contributed by atoms with Crippen LogP contribution in [-0.4, -0.2) is 11.3 Å². The van der Waals surface area contributed by atoms with Crippen LogP contribution in [0, 0.1) is 4.91 Å². The summed E-state index contributed by atoms with van der Waals surface area (Å²) >= 11 is 0. The van der Waals surface area contributed by atoms with Gasteiger partial charge in [-0.15, -0.1) is 4.91 Å². The van der Waals surface area contributed by atoms with Crippen LogP contribution >= 0.6 is 0 Å². The molecular weight excluding hydrogens is 230 g/mol. The zero-order valence-electron chi connectivity index (χ0n) is 9.45. The molecule has 2 rings (SSSR count). The number of phenolic OH excluding ortho intramolecular Hbond substituents is 1. The van der Waals surface area contributed by atoms with E-state index < -0.39 is 0 Å². The lowest BCUT2D eigenvalue weighted by molar-refractivity contribution is 0.474. The third kappa shape index (κ3) is 2.91. The summed E-state index contributed by atoms with van der Waals surface area (Å²) in [5.41, 5.74) is 4.50. The lowest BCUT2D eigenvalue weighted by Gasteiger charge is -2.00. The Hall–Kier alpha value is -2.69. The summed E-state index contributed by atoms with van der Waals surface area (Å²) in [4.78, 5) is 10.2. The summed E-state index contributed by atoms with van der Waals surface area (Å²) in [6.45, 7) is 0. The summed E-state index contributed by atoms with van der Waals surface area (Å²) in [7, 11) is 0. The Morgan fingerprint density at radius 3 is 2.44 bits per heavy atom. The number of phenols is 1. The summed E-state index contributed by atoms with van der Waals surface area (Å²) < 4.78 is 0. The van der Waals surface area contributed by atoms with Crippen molar-refractivity contribution in [3.8, 4) is 5.75 Å². The highest BCUT2D eigenvalue weighted by atomic mass is 16.3. The molecule has 90 valence electrons. The fourth-order valence-electron chi connectivity index (χ4n) is 1.37. The monoisotopic (exact) mass is 241 g/mol. The number of nitrogens with one attached hydrogen (secondary N) is 1. The van der Waals surface area contributed by atoms with Gasteiger partial charge >= 0.3 is 0 Å². The highest BCUT2D eigenvalue weighted by Crippen LogP contribution is 2.16. The van der Waals surface area contributed by atoms with E-state index in [0.29, 0.717) is 11.3 Å². The molecule has 0 radical (unpaired) electrons. The molecule has 0 bridgehead atoms. The van der Waals surface area contributed by atoms with E-state index in [1.807, 2.05) is 6.07 Å². The van der Waals surface area contributed by atoms with Gasteiger partial charge in [0.15, 0.2) is 0 Å². The van der Waals surface area contributed by atoms with Gasteiger partial charge in [0.05, 0.1) is 11.9 Å². The first-order valence-corrected chi connectivity index (χ1v) is 5.30. The molecule has 0 atom stereocenters. The zero-order valence-corrected chi connectivity index (χ0v) is 9.45. The number of nitroso groups, excluding NO2 is 1. The first kappa shape index (κ1) is 11.8. The number of benzene rings is 2. The van der Waals surface area contributed by atoms with Gasteiger partial charge in [-0.2, -0.15) is 5.10 Å². The number of hydrazone groups is 1. The second-order valence-electron chi connectivity index (χ2n) is 3.57. The van der Waals surface area contributed by atoms with E-state index in [1.165, 1.54) is 6.21 Å². The van der Waals surface area contributed by atoms with E-state index in [1.54, 1.807) is 42.5 Å².